The second-order valence-corrected chi connectivity index (χ2v) is 6.12. The monoisotopic (exact) mass is 339 g/mol. The Hall–Kier alpha value is -2.66. The van der Waals surface area contributed by atoms with E-state index >= 15 is 0 Å². The molecule has 2 aromatic carbocycles. The molecule has 0 heterocycles. The maximum atomic E-state index is 12.5. The van der Waals surface area contributed by atoms with Crippen molar-refractivity contribution >= 4 is 11.8 Å². The highest BCUT2D eigenvalue weighted by atomic mass is 16.2. The molecule has 0 aliphatic rings. The summed E-state index contributed by atoms with van der Waals surface area (Å²) in [6.07, 6.45) is 0.902. The van der Waals surface area contributed by atoms with E-state index in [2.05, 4.69) is 10.6 Å². The lowest BCUT2D eigenvalue weighted by Crippen LogP contribution is -2.35. The topological polar surface area (TPSA) is 84.2 Å². The Morgan fingerprint density at radius 2 is 1.60 bits per heavy atom. The molecule has 0 saturated carbocycles. The summed E-state index contributed by atoms with van der Waals surface area (Å²) in [5, 5.41) is 5.81. The predicted octanol–water partition coefficient (Wildman–Crippen LogP) is 2.40. The van der Waals surface area contributed by atoms with E-state index in [0.29, 0.717) is 12.1 Å². The third-order valence-electron chi connectivity index (χ3n) is 3.85. The van der Waals surface area contributed by atoms with Gasteiger partial charge in [-0.15, -0.1) is 0 Å². The van der Waals surface area contributed by atoms with E-state index in [1.54, 1.807) is 12.1 Å². The normalized spacial score (nSPS) is 12.9. The van der Waals surface area contributed by atoms with Gasteiger partial charge in [-0.3, -0.25) is 9.59 Å². The molecular formula is C20H25N3O2. The summed E-state index contributed by atoms with van der Waals surface area (Å²) in [5.74, 6) is -0.305. The maximum Gasteiger partial charge on any atom is 0.251 e. The predicted molar refractivity (Wildman–Crippen MR) is 99.0 cm³/mol. The minimum atomic E-state index is -0.385. The zero-order valence-electron chi connectivity index (χ0n) is 14.4. The minimum Gasteiger partial charge on any atom is -0.356 e. The first-order valence-electron chi connectivity index (χ1n) is 8.49. The fraction of sp³-hybridized carbons (Fsp3) is 0.300. The van der Waals surface area contributed by atoms with E-state index in [4.69, 9.17) is 5.73 Å². The average molecular weight is 339 g/mol. The van der Waals surface area contributed by atoms with Crippen LogP contribution in [0.2, 0.25) is 0 Å². The highest BCUT2D eigenvalue weighted by Crippen LogP contribution is 2.17. The molecule has 0 aliphatic carbocycles. The summed E-state index contributed by atoms with van der Waals surface area (Å²) in [4.78, 5) is 24.7. The van der Waals surface area contributed by atoms with Crippen LogP contribution in [0.15, 0.2) is 60.7 Å². The van der Waals surface area contributed by atoms with Gasteiger partial charge in [-0.25, -0.2) is 0 Å². The molecule has 2 amide bonds. The van der Waals surface area contributed by atoms with Crippen molar-refractivity contribution < 1.29 is 9.59 Å². The first-order valence-corrected chi connectivity index (χ1v) is 8.49. The number of nitrogens with two attached hydrogens (primary N) is 1. The standard InChI is InChI=1S/C20H25N3O2/c1-15(21)12-13-22-19(24)14-18(16-8-4-2-5-9-16)23-20(25)17-10-6-3-7-11-17/h2-11,15,18H,12-14,21H2,1H3,(H,22,24)(H,23,25). The molecule has 5 nitrogen and oxygen atoms in total. The van der Waals surface area contributed by atoms with Crippen LogP contribution in [0.3, 0.4) is 0 Å². The number of benzene rings is 2. The quantitative estimate of drug-likeness (QED) is 0.690. The van der Waals surface area contributed by atoms with Crippen LogP contribution >= 0.6 is 0 Å². The fourth-order valence-corrected chi connectivity index (χ4v) is 2.47. The number of rotatable bonds is 8. The van der Waals surface area contributed by atoms with Gasteiger partial charge >= 0.3 is 0 Å². The first-order chi connectivity index (χ1) is 12.1. The van der Waals surface area contributed by atoms with Gasteiger partial charge in [0.05, 0.1) is 12.5 Å². The molecule has 0 bridgehead atoms. The van der Waals surface area contributed by atoms with Gasteiger partial charge in [0.2, 0.25) is 5.91 Å². The molecular weight excluding hydrogens is 314 g/mol. The molecule has 0 fully saturated rings. The van der Waals surface area contributed by atoms with Crippen LogP contribution in [0, 0.1) is 0 Å². The smallest absolute Gasteiger partial charge is 0.251 e. The van der Waals surface area contributed by atoms with Gasteiger partial charge in [0, 0.05) is 18.2 Å². The Morgan fingerprint density at radius 1 is 1.00 bits per heavy atom. The number of carbonyl (C=O) groups is 2. The first kappa shape index (κ1) is 18.7. The Bertz CT molecular complexity index is 672. The van der Waals surface area contributed by atoms with E-state index in [0.717, 1.165) is 12.0 Å². The van der Waals surface area contributed by atoms with Crippen LogP contribution in [0.25, 0.3) is 0 Å². The highest BCUT2D eigenvalue weighted by Gasteiger charge is 2.19. The van der Waals surface area contributed by atoms with Gasteiger partial charge in [0.15, 0.2) is 0 Å². The summed E-state index contributed by atoms with van der Waals surface area (Å²) in [6.45, 7) is 2.43. The molecule has 132 valence electrons. The van der Waals surface area contributed by atoms with Crippen molar-refractivity contribution in [3.8, 4) is 0 Å². The number of carbonyl (C=O) groups excluding carboxylic acids is 2. The number of nitrogens with one attached hydrogen (secondary N) is 2. The Labute approximate surface area is 148 Å². The average Bonchev–Trinajstić information content (AvgIpc) is 2.62. The number of amides is 2. The fourth-order valence-electron chi connectivity index (χ4n) is 2.47. The third-order valence-corrected chi connectivity index (χ3v) is 3.85. The van der Waals surface area contributed by atoms with Crippen LogP contribution in [0.1, 0.15) is 41.7 Å². The molecule has 0 aliphatic heterocycles. The molecule has 0 saturated heterocycles. The molecule has 5 heteroatoms. The van der Waals surface area contributed by atoms with Crippen molar-refractivity contribution in [3.05, 3.63) is 71.8 Å². The second-order valence-electron chi connectivity index (χ2n) is 6.12. The van der Waals surface area contributed by atoms with Gasteiger partial charge in [0.1, 0.15) is 0 Å². The van der Waals surface area contributed by atoms with E-state index in [9.17, 15) is 9.59 Å². The van der Waals surface area contributed by atoms with Crippen LogP contribution in [0.5, 0.6) is 0 Å². The van der Waals surface area contributed by atoms with E-state index in [-0.39, 0.29) is 30.3 Å². The molecule has 2 aromatic rings. The largest absolute Gasteiger partial charge is 0.356 e. The van der Waals surface area contributed by atoms with Gasteiger partial charge in [-0.05, 0) is 31.0 Å². The summed E-state index contributed by atoms with van der Waals surface area (Å²) < 4.78 is 0. The summed E-state index contributed by atoms with van der Waals surface area (Å²) in [5.41, 5.74) is 7.16. The zero-order valence-corrected chi connectivity index (χ0v) is 14.4. The van der Waals surface area contributed by atoms with E-state index < -0.39 is 0 Å². The van der Waals surface area contributed by atoms with Crippen LogP contribution in [0.4, 0.5) is 0 Å². The second kappa shape index (κ2) is 9.59. The van der Waals surface area contributed by atoms with Gasteiger partial charge in [-0.1, -0.05) is 48.5 Å². The summed E-state index contributed by atoms with van der Waals surface area (Å²) >= 11 is 0. The summed E-state index contributed by atoms with van der Waals surface area (Å²) in [7, 11) is 0. The lowest BCUT2D eigenvalue weighted by atomic mass is 10.0. The third kappa shape index (κ3) is 6.39. The Balaban J connectivity index is 2.03. The van der Waals surface area contributed by atoms with Gasteiger partial charge < -0.3 is 16.4 Å². The molecule has 2 rings (SSSR count). The van der Waals surface area contributed by atoms with Gasteiger partial charge in [0.25, 0.3) is 5.91 Å². The lowest BCUT2D eigenvalue weighted by Gasteiger charge is -2.19. The molecule has 0 radical (unpaired) electrons. The van der Waals surface area contributed by atoms with Crippen molar-refractivity contribution in [2.24, 2.45) is 5.73 Å². The minimum absolute atomic E-state index is 0.0444. The SMILES string of the molecule is CC(N)CCNC(=O)CC(NC(=O)c1ccccc1)c1ccccc1. The molecule has 4 N–H and O–H groups in total. The molecule has 2 unspecified atom stereocenters. The number of hydrogen-bond acceptors (Lipinski definition) is 3. The molecule has 25 heavy (non-hydrogen) atoms. The van der Waals surface area contributed by atoms with Crippen LogP contribution in [-0.4, -0.2) is 24.4 Å². The molecule has 0 spiro atoms. The van der Waals surface area contributed by atoms with Crippen LogP contribution < -0.4 is 16.4 Å². The highest BCUT2D eigenvalue weighted by molar-refractivity contribution is 5.94. The zero-order chi connectivity index (χ0) is 18.1. The Morgan fingerprint density at radius 3 is 2.20 bits per heavy atom. The summed E-state index contributed by atoms with van der Waals surface area (Å²) in [6, 6.07) is 18.2. The van der Waals surface area contributed by atoms with Crippen molar-refractivity contribution in [2.75, 3.05) is 6.54 Å². The number of hydrogen-bond donors (Lipinski definition) is 3. The maximum absolute atomic E-state index is 12.5. The Kier molecular flexibility index (Phi) is 7.16. The lowest BCUT2D eigenvalue weighted by molar-refractivity contribution is -0.121. The van der Waals surface area contributed by atoms with Crippen molar-refractivity contribution in [3.63, 3.8) is 0 Å². The van der Waals surface area contributed by atoms with Gasteiger partial charge in [-0.2, -0.15) is 0 Å². The van der Waals surface area contributed by atoms with E-state index in [1.165, 1.54) is 0 Å². The van der Waals surface area contributed by atoms with E-state index in [1.807, 2.05) is 55.5 Å². The molecule has 0 aromatic heterocycles. The van der Waals surface area contributed by atoms with Crippen LogP contribution in [-0.2, 0) is 4.79 Å². The molecule has 2 atom stereocenters. The van der Waals surface area contributed by atoms with Crippen molar-refractivity contribution in [1.82, 2.24) is 10.6 Å². The van der Waals surface area contributed by atoms with Crippen molar-refractivity contribution in [2.45, 2.75) is 31.8 Å². The van der Waals surface area contributed by atoms with Crippen molar-refractivity contribution in [1.29, 1.82) is 0 Å².